The molecule has 0 radical (unpaired) electrons. The maximum atomic E-state index is 5.68. The van der Waals surface area contributed by atoms with E-state index in [0.717, 1.165) is 43.4 Å². The highest BCUT2D eigenvalue weighted by Crippen LogP contribution is 2.24. The van der Waals surface area contributed by atoms with E-state index in [1.165, 1.54) is 5.56 Å². The molecule has 1 unspecified atom stereocenters. The highest BCUT2D eigenvalue weighted by atomic mass is 16.3. The van der Waals surface area contributed by atoms with Gasteiger partial charge in [-0.15, -0.1) is 0 Å². The third-order valence-corrected chi connectivity index (χ3v) is 3.55. The van der Waals surface area contributed by atoms with Crippen LogP contribution in [0.2, 0.25) is 0 Å². The molecule has 2 N–H and O–H groups in total. The topological polar surface area (TPSA) is 57.1 Å². The zero-order valence-corrected chi connectivity index (χ0v) is 11.4. The maximum absolute atomic E-state index is 5.68. The van der Waals surface area contributed by atoms with Crippen LogP contribution in [-0.2, 0) is 6.54 Å². The summed E-state index contributed by atoms with van der Waals surface area (Å²) in [4.78, 5) is 2.45. The largest absolute Gasteiger partial charge is 0.460 e. The fourth-order valence-electron chi connectivity index (χ4n) is 2.61. The number of furan rings is 1. The Morgan fingerprint density at radius 2 is 2.37 bits per heavy atom. The summed E-state index contributed by atoms with van der Waals surface area (Å²) in [7, 11) is 0. The van der Waals surface area contributed by atoms with Gasteiger partial charge in [-0.05, 0) is 26.0 Å². The van der Waals surface area contributed by atoms with E-state index in [1.807, 2.05) is 25.3 Å². The summed E-state index contributed by atoms with van der Waals surface area (Å²) in [6.45, 7) is 8.29. The van der Waals surface area contributed by atoms with Crippen LogP contribution < -0.4 is 5.32 Å². The number of aromatic amines is 1. The highest BCUT2D eigenvalue weighted by molar-refractivity contribution is 5.56. The summed E-state index contributed by atoms with van der Waals surface area (Å²) in [5.74, 6) is 1.79. The van der Waals surface area contributed by atoms with Crippen molar-refractivity contribution in [3.8, 4) is 11.5 Å². The molecule has 1 atom stereocenters. The number of aromatic nitrogens is 2. The van der Waals surface area contributed by atoms with Gasteiger partial charge in [-0.3, -0.25) is 10.00 Å². The number of rotatable bonds is 3. The quantitative estimate of drug-likeness (QED) is 0.883. The molecule has 1 saturated heterocycles. The van der Waals surface area contributed by atoms with Crippen molar-refractivity contribution in [2.24, 2.45) is 0 Å². The minimum atomic E-state index is 0.551. The van der Waals surface area contributed by atoms with Gasteiger partial charge in [0.15, 0.2) is 5.76 Å². The monoisotopic (exact) mass is 260 g/mol. The van der Waals surface area contributed by atoms with Gasteiger partial charge in [0, 0.05) is 37.8 Å². The Labute approximate surface area is 113 Å². The van der Waals surface area contributed by atoms with Crippen molar-refractivity contribution in [1.82, 2.24) is 20.4 Å². The first-order chi connectivity index (χ1) is 9.22. The fourth-order valence-corrected chi connectivity index (χ4v) is 2.61. The molecule has 0 spiro atoms. The lowest BCUT2D eigenvalue weighted by molar-refractivity contribution is 0.200. The molecule has 1 aliphatic heterocycles. The molecule has 0 saturated carbocycles. The molecule has 5 nitrogen and oxygen atoms in total. The predicted octanol–water partition coefficient (Wildman–Crippen LogP) is 1.77. The first-order valence-electron chi connectivity index (χ1n) is 6.77. The number of aryl methyl sites for hydroxylation is 1. The Morgan fingerprint density at radius 1 is 1.47 bits per heavy atom. The molecular weight excluding hydrogens is 240 g/mol. The van der Waals surface area contributed by atoms with Crippen molar-refractivity contribution in [3.05, 3.63) is 29.7 Å². The molecule has 1 fully saturated rings. The van der Waals surface area contributed by atoms with Crippen molar-refractivity contribution < 1.29 is 4.42 Å². The van der Waals surface area contributed by atoms with Gasteiger partial charge in [0.1, 0.15) is 11.5 Å². The van der Waals surface area contributed by atoms with Crippen molar-refractivity contribution in [2.45, 2.75) is 26.4 Å². The van der Waals surface area contributed by atoms with Gasteiger partial charge in [0.05, 0.1) is 6.20 Å². The number of nitrogens with one attached hydrogen (secondary N) is 2. The molecule has 102 valence electrons. The van der Waals surface area contributed by atoms with E-state index in [4.69, 9.17) is 4.42 Å². The van der Waals surface area contributed by atoms with Crippen LogP contribution in [0.25, 0.3) is 11.5 Å². The van der Waals surface area contributed by atoms with Crippen LogP contribution in [0, 0.1) is 6.92 Å². The van der Waals surface area contributed by atoms with Crippen LogP contribution in [0.5, 0.6) is 0 Å². The van der Waals surface area contributed by atoms with Crippen LogP contribution in [0.4, 0.5) is 0 Å². The Balaban J connectivity index is 1.77. The number of hydrogen-bond donors (Lipinski definition) is 2. The molecule has 0 aromatic carbocycles. The third kappa shape index (κ3) is 2.72. The van der Waals surface area contributed by atoms with E-state index in [-0.39, 0.29) is 0 Å². The normalized spacial score (nSPS) is 20.8. The van der Waals surface area contributed by atoms with Gasteiger partial charge in [-0.25, -0.2) is 0 Å². The van der Waals surface area contributed by atoms with Crippen molar-refractivity contribution in [3.63, 3.8) is 0 Å². The Kier molecular flexibility index (Phi) is 3.40. The average Bonchev–Trinajstić information content (AvgIpc) is 2.98. The fraction of sp³-hybridized carbons (Fsp3) is 0.500. The second-order valence-corrected chi connectivity index (χ2v) is 5.27. The summed E-state index contributed by atoms with van der Waals surface area (Å²) in [6.07, 6.45) is 1.90. The molecule has 0 bridgehead atoms. The first-order valence-corrected chi connectivity index (χ1v) is 6.77. The number of H-pyrrole nitrogens is 1. The molecule has 0 aliphatic carbocycles. The summed E-state index contributed by atoms with van der Waals surface area (Å²) in [6, 6.07) is 4.52. The van der Waals surface area contributed by atoms with Crippen molar-refractivity contribution in [2.75, 3.05) is 19.6 Å². The minimum Gasteiger partial charge on any atom is -0.460 e. The lowest BCUT2D eigenvalue weighted by Gasteiger charge is -2.31. The number of piperazine rings is 1. The SMILES string of the molecule is Cc1ccc(-c2[nH]ncc2CN2CCNC(C)C2)o1. The molecule has 3 heterocycles. The molecule has 2 aromatic heterocycles. The van der Waals surface area contributed by atoms with Crippen LogP contribution in [0.3, 0.4) is 0 Å². The molecule has 3 rings (SSSR count). The molecule has 0 amide bonds. The van der Waals surface area contributed by atoms with Crippen LogP contribution in [0.15, 0.2) is 22.7 Å². The molecular formula is C14H20N4O. The minimum absolute atomic E-state index is 0.551. The van der Waals surface area contributed by atoms with E-state index in [1.54, 1.807) is 0 Å². The zero-order valence-electron chi connectivity index (χ0n) is 11.4. The van der Waals surface area contributed by atoms with Gasteiger partial charge in [-0.2, -0.15) is 5.10 Å². The lowest BCUT2D eigenvalue weighted by Crippen LogP contribution is -2.48. The van der Waals surface area contributed by atoms with Crippen LogP contribution in [-0.4, -0.2) is 40.8 Å². The first kappa shape index (κ1) is 12.4. The second kappa shape index (κ2) is 5.19. The highest BCUT2D eigenvalue weighted by Gasteiger charge is 2.18. The van der Waals surface area contributed by atoms with E-state index in [9.17, 15) is 0 Å². The molecule has 5 heteroatoms. The van der Waals surface area contributed by atoms with Crippen LogP contribution >= 0.6 is 0 Å². The smallest absolute Gasteiger partial charge is 0.152 e. The Bertz CT molecular complexity index is 545. The second-order valence-electron chi connectivity index (χ2n) is 5.27. The average molecular weight is 260 g/mol. The van der Waals surface area contributed by atoms with E-state index >= 15 is 0 Å². The zero-order chi connectivity index (χ0) is 13.2. The number of nitrogens with zero attached hydrogens (tertiary/aromatic N) is 2. The van der Waals surface area contributed by atoms with Gasteiger partial charge in [0.25, 0.3) is 0 Å². The van der Waals surface area contributed by atoms with Crippen LogP contribution in [0.1, 0.15) is 18.2 Å². The molecule has 2 aromatic rings. The predicted molar refractivity (Wildman–Crippen MR) is 73.8 cm³/mol. The van der Waals surface area contributed by atoms with Gasteiger partial charge in [-0.1, -0.05) is 0 Å². The van der Waals surface area contributed by atoms with Gasteiger partial charge < -0.3 is 9.73 Å². The summed E-state index contributed by atoms with van der Waals surface area (Å²) in [5.41, 5.74) is 2.20. The summed E-state index contributed by atoms with van der Waals surface area (Å²) in [5, 5.41) is 10.7. The molecule has 1 aliphatic rings. The standard InChI is InChI=1S/C14H20N4O/c1-10-8-18(6-5-15-10)9-12-7-16-17-14(12)13-4-3-11(2)19-13/h3-4,7,10,15H,5-6,8-9H2,1-2H3,(H,16,17). The van der Waals surface area contributed by atoms with E-state index in [0.29, 0.717) is 6.04 Å². The van der Waals surface area contributed by atoms with Gasteiger partial charge >= 0.3 is 0 Å². The van der Waals surface area contributed by atoms with Crippen molar-refractivity contribution in [1.29, 1.82) is 0 Å². The maximum Gasteiger partial charge on any atom is 0.152 e. The Morgan fingerprint density at radius 3 is 3.11 bits per heavy atom. The summed E-state index contributed by atoms with van der Waals surface area (Å²) < 4.78 is 5.68. The van der Waals surface area contributed by atoms with Crippen molar-refractivity contribution >= 4 is 0 Å². The lowest BCUT2D eigenvalue weighted by atomic mass is 10.1. The van der Waals surface area contributed by atoms with E-state index < -0.39 is 0 Å². The van der Waals surface area contributed by atoms with Gasteiger partial charge in [0.2, 0.25) is 0 Å². The van der Waals surface area contributed by atoms with E-state index in [2.05, 4.69) is 27.3 Å². The summed E-state index contributed by atoms with van der Waals surface area (Å²) >= 11 is 0. The number of hydrogen-bond acceptors (Lipinski definition) is 4. The third-order valence-electron chi connectivity index (χ3n) is 3.55. The Hall–Kier alpha value is -1.59. The molecule has 19 heavy (non-hydrogen) atoms.